The van der Waals surface area contributed by atoms with E-state index >= 15 is 0 Å². The predicted octanol–water partition coefficient (Wildman–Crippen LogP) is 5.58. The summed E-state index contributed by atoms with van der Waals surface area (Å²) in [6, 6.07) is 29.3. The molecule has 0 aliphatic heterocycles. The summed E-state index contributed by atoms with van der Waals surface area (Å²) < 4.78 is 5.81. The van der Waals surface area contributed by atoms with Crippen LogP contribution >= 0.6 is 0 Å². The van der Waals surface area contributed by atoms with Crippen LogP contribution in [0.4, 0.5) is 0 Å². The Balaban J connectivity index is 1.31. The minimum Gasteiger partial charge on any atom is -0.436 e. The van der Waals surface area contributed by atoms with Gasteiger partial charge in [-0.15, -0.1) is 0 Å². The maximum Gasteiger partial charge on any atom is 0.252 e. The van der Waals surface area contributed by atoms with Crippen molar-refractivity contribution in [2.24, 2.45) is 0 Å². The number of hydrogen-bond acceptors (Lipinski definition) is 3. The van der Waals surface area contributed by atoms with E-state index in [0.717, 1.165) is 33.0 Å². The second kappa shape index (κ2) is 7.24. The number of amides is 1. The third-order valence-corrected chi connectivity index (χ3v) is 4.98. The van der Waals surface area contributed by atoms with Crippen molar-refractivity contribution >= 4 is 27.8 Å². The molecule has 0 radical (unpaired) electrons. The maximum absolute atomic E-state index is 12.7. The fourth-order valence-electron chi connectivity index (χ4n) is 3.46. The van der Waals surface area contributed by atoms with Gasteiger partial charge < -0.3 is 9.73 Å². The van der Waals surface area contributed by atoms with Crippen LogP contribution in [0.15, 0.2) is 95.4 Å². The van der Waals surface area contributed by atoms with E-state index in [9.17, 15) is 4.79 Å². The van der Waals surface area contributed by atoms with Crippen LogP contribution in [-0.2, 0) is 6.54 Å². The molecule has 29 heavy (non-hydrogen) atoms. The number of oxazole rings is 1. The van der Waals surface area contributed by atoms with E-state index in [0.29, 0.717) is 18.0 Å². The van der Waals surface area contributed by atoms with E-state index in [2.05, 4.69) is 10.3 Å². The number of aromatic nitrogens is 1. The molecular weight excluding hydrogens is 360 g/mol. The molecule has 0 aliphatic carbocycles. The molecule has 5 rings (SSSR count). The van der Waals surface area contributed by atoms with Gasteiger partial charge in [0.15, 0.2) is 5.58 Å². The Morgan fingerprint density at radius 1 is 0.828 bits per heavy atom. The van der Waals surface area contributed by atoms with E-state index in [-0.39, 0.29) is 5.91 Å². The van der Waals surface area contributed by atoms with Crippen LogP contribution in [0.25, 0.3) is 33.3 Å². The molecule has 4 nitrogen and oxygen atoms in total. The minimum absolute atomic E-state index is 0.0789. The summed E-state index contributed by atoms with van der Waals surface area (Å²) in [4.78, 5) is 17.2. The fourth-order valence-corrected chi connectivity index (χ4v) is 3.46. The Labute approximate surface area is 167 Å². The summed E-state index contributed by atoms with van der Waals surface area (Å²) in [6.45, 7) is 0.454. The maximum atomic E-state index is 12.7. The van der Waals surface area contributed by atoms with Crippen LogP contribution in [-0.4, -0.2) is 10.9 Å². The first-order chi connectivity index (χ1) is 14.3. The summed E-state index contributed by atoms with van der Waals surface area (Å²) in [5, 5.41) is 5.03. The van der Waals surface area contributed by atoms with Crippen molar-refractivity contribution in [3.05, 3.63) is 102 Å². The van der Waals surface area contributed by atoms with Crippen molar-refractivity contribution in [3.8, 4) is 11.5 Å². The highest BCUT2D eigenvalue weighted by Crippen LogP contribution is 2.24. The molecule has 140 valence electrons. The van der Waals surface area contributed by atoms with E-state index in [4.69, 9.17) is 4.42 Å². The Hall–Kier alpha value is -3.92. The van der Waals surface area contributed by atoms with Crippen LogP contribution in [0, 0.1) is 0 Å². The lowest BCUT2D eigenvalue weighted by Gasteiger charge is -2.08. The highest BCUT2D eigenvalue weighted by molar-refractivity contribution is 6.06. The van der Waals surface area contributed by atoms with E-state index in [1.165, 1.54) is 0 Å². The number of nitrogens with one attached hydrogen (secondary N) is 1. The van der Waals surface area contributed by atoms with Crippen molar-refractivity contribution in [2.75, 3.05) is 0 Å². The first-order valence-electron chi connectivity index (χ1n) is 9.49. The molecule has 4 heteroatoms. The summed E-state index contributed by atoms with van der Waals surface area (Å²) in [5.41, 5.74) is 4.22. The van der Waals surface area contributed by atoms with Crippen LogP contribution < -0.4 is 5.32 Å². The zero-order valence-corrected chi connectivity index (χ0v) is 15.6. The van der Waals surface area contributed by atoms with Gasteiger partial charge >= 0.3 is 0 Å². The molecule has 1 N–H and O–H groups in total. The van der Waals surface area contributed by atoms with Crippen molar-refractivity contribution in [3.63, 3.8) is 0 Å². The normalized spacial score (nSPS) is 11.0. The number of nitrogens with zero attached hydrogens (tertiary/aromatic N) is 1. The Morgan fingerprint density at radius 2 is 1.59 bits per heavy atom. The predicted molar refractivity (Wildman–Crippen MR) is 115 cm³/mol. The zero-order valence-electron chi connectivity index (χ0n) is 15.6. The van der Waals surface area contributed by atoms with Gasteiger partial charge in [0.1, 0.15) is 5.52 Å². The van der Waals surface area contributed by atoms with Gasteiger partial charge in [0, 0.05) is 17.7 Å². The van der Waals surface area contributed by atoms with Gasteiger partial charge in [-0.2, -0.15) is 0 Å². The van der Waals surface area contributed by atoms with Crippen molar-refractivity contribution in [2.45, 2.75) is 6.54 Å². The van der Waals surface area contributed by atoms with Gasteiger partial charge in [-0.3, -0.25) is 4.79 Å². The number of benzene rings is 4. The molecule has 1 amide bonds. The molecule has 0 aliphatic rings. The van der Waals surface area contributed by atoms with Crippen LogP contribution in [0.5, 0.6) is 0 Å². The highest BCUT2D eigenvalue weighted by atomic mass is 16.3. The van der Waals surface area contributed by atoms with Gasteiger partial charge in [0.2, 0.25) is 5.89 Å². The van der Waals surface area contributed by atoms with Crippen molar-refractivity contribution < 1.29 is 9.21 Å². The molecule has 0 bridgehead atoms. The third kappa shape index (κ3) is 3.36. The van der Waals surface area contributed by atoms with Crippen LogP contribution in [0.2, 0.25) is 0 Å². The first-order valence-corrected chi connectivity index (χ1v) is 9.49. The quantitative estimate of drug-likeness (QED) is 0.444. The number of rotatable bonds is 4. The standard InChI is InChI=1S/C25H18N2O2/c28-24(21-9-5-7-18-6-1-2-8-20(18)21)26-16-17-12-14-19(15-13-17)25-27-22-10-3-4-11-23(22)29-25/h1-15H,16H2,(H,26,28). The largest absolute Gasteiger partial charge is 0.436 e. The fraction of sp³-hybridized carbons (Fsp3) is 0.0400. The second-order valence-corrected chi connectivity index (χ2v) is 6.89. The number of hydrogen-bond donors (Lipinski definition) is 1. The number of carbonyl (C=O) groups excluding carboxylic acids is 1. The van der Waals surface area contributed by atoms with E-state index in [1.54, 1.807) is 0 Å². The third-order valence-electron chi connectivity index (χ3n) is 4.98. The topological polar surface area (TPSA) is 55.1 Å². The molecule has 1 heterocycles. The lowest BCUT2D eigenvalue weighted by atomic mass is 10.0. The Bertz CT molecular complexity index is 1280. The molecule has 0 unspecified atom stereocenters. The first kappa shape index (κ1) is 17.2. The molecular formula is C25H18N2O2. The molecule has 1 aromatic heterocycles. The highest BCUT2D eigenvalue weighted by Gasteiger charge is 2.10. The van der Waals surface area contributed by atoms with Gasteiger partial charge in [-0.05, 0) is 46.7 Å². The molecule has 0 saturated carbocycles. The minimum atomic E-state index is -0.0789. The second-order valence-electron chi connectivity index (χ2n) is 6.89. The monoisotopic (exact) mass is 378 g/mol. The average molecular weight is 378 g/mol. The molecule has 0 saturated heterocycles. The number of carbonyl (C=O) groups is 1. The SMILES string of the molecule is O=C(NCc1ccc(-c2nc3ccccc3o2)cc1)c1cccc2ccccc12. The average Bonchev–Trinajstić information content (AvgIpc) is 3.22. The van der Waals surface area contributed by atoms with E-state index < -0.39 is 0 Å². The Kier molecular flexibility index (Phi) is 4.30. The summed E-state index contributed by atoms with van der Waals surface area (Å²) in [6.07, 6.45) is 0. The summed E-state index contributed by atoms with van der Waals surface area (Å²) >= 11 is 0. The summed E-state index contributed by atoms with van der Waals surface area (Å²) in [5.74, 6) is 0.516. The van der Waals surface area contributed by atoms with Gasteiger partial charge in [0.05, 0.1) is 0 Å². The van der Waals surface area contributed by atoms with Crippen molar-refractivity contribution in [1.29, 1.82) is 0 Å². The van der Waals surface area contributed by atoms with E-state index in [1.807, 2.05) is 91.0 Å². The van der Waals surface area contributed by atoms with Gasteiger partial charge in [0.25, 0.3) is 5.91 Å². The van der Waals surface area contributed by atoms with Crippen molar-refractivity contribution in [1.82, 2.24) is 10.3 Å². The molecule has 0 fully saturated rings. The molecule has 0 spiro atoms. The summed E-state index contributed by atoms with van der Waals surface area (Å²) in [7, 11) is 0. The van der Waals surface area contributed by atoms with Crippen LogP contribution in [0.3, 0.4) is 0 Å². The smallest absolute Gasteiger partial charge is 0.252 e. The molecule has 5 aromatic rings. The van der Waals surface area contributed by atoms with Gasteiger partial charge in [-0.1, -0.05) is 60.7 Å². The zero-order chi connectivity index (χ0) is 19.6. The molecule has 0 atom stereocenters. The lowest BCUT2D eigenvalue weighted by Crippen LogP contribution is -2.22. The van der Waals surface area contributed by atoms with Gasteiger partial charge in [-0.25, -0.2) is 4.98 Å². The number of para-hydroxylation sites is 2. The van der Waals surface area contributed by atoms with Crippen LogP contribution in [0.1, 0.15) is 15.9 Å². The Morgan fingerprint density at radius 3 is 2.45 bits per heavy atom. The molecule has 4 aromatic carbocycles. The lowest BCUT2D eigenvalue weighted by molar-refractivity contribution is 0.0952. The number of fused-ring (bicyclic) bond motifs is 2.